The van der Waals surface area contributed by atoms with E-state index < -0.39 is 0 Å². The molecule has 0 spiro atoms. The summed E-state index contributed by atoms with van der Waals surface area (Å²) in [6, 6.07) is 0.478. The molecule has 1 fully saturated rings. The highest BCUT2D eigenvalue weighted by molar-refractivity contribution is 5.03. The van der Waals surface area contributed by atoms with E-state index in [9.17, 15) is 0 Å². The number of aryl methyl sites for hydroxylation is 2. The van der Waals surface area contributed by atoms with Gasteiger partial charge in [0.15, 0.2) is 0 Å². The molecular weight excluding hydrogens is 214 g/mol. The summed E-state index contributed by atoms with van der Waals surface area (Å²) in [7, 11) is 1.96. The molecule has 0 amide bonds. The molecule has 0 bridgehead atoms. The average Bonchev–Trinajstić information content (AvgIpc) is 2.95. The molecule has 2 atom stereocenters. The van der Waals surface area contributed by atoms with Gasteiger partial charge in [-0.25, -0.2) is 0 Å². The maximum absolute atomic E-state index is 5.66. The second-order valence-electron chi connectivity index (χ2n) is 4.92. The molecule has 0 unspecified atom stereocenters. The van der Waals surface area contributed by atoms with Gasteiger partial charge in [-0.1, -0.05) is 0 Å². The van der Waals surface area contributed by atoms with Crippen molar-refractivity contribution in [1.29, 1.82) is 0 Å². The van der Waals surface area contributed by atoms with Gasteiger partial charge in [0, 0.05) is 25.9 Å². The van der Waals surface area contributed by atoms with Crippen molar-refractivity contribution in [2.24, 2.45) is 7.05 Å². The van der Waals surface area contributed by atoms with Gasteiger partial charge in [0.1, 0.15) is 0 Å². The molecule has 96 valence electrons. The SMILES string of the molecule is C[C@H](NCCCc1cnn(C)c1)[C@H]1CCCO1. The lowest BCUT2D eigenvalue weighted by atomic mass is 10.1. The Labute approximate surface area is 103 Å². The first-order valence-corrected chi connectivity index (χ1v) is 6.58. The van der Waals surface area contributed by atoms with Crippen LogP contribution in [0.5, 0.6) is 0 Å². The quantitative estimate of drug-likeness (QED) is 0.762. The first-order valence-electron chi connectivity index (χ1n) is 6.58. The standard InChI is InChI=1S/C13H23N3O/c1-11(13-6-4-8-17-13)14-7-3-5-12-9-15-16(2)10-12/h9-11,13-14H,3-8H2,1-2H3/t11-,13+/m0/s1. The molecule has 1 N–H and O–H groups in total. The molecule has 1 aliphatic rings. The summed E-state index contributed by atoms with van der Waals surface area (Å²) in [5, 5.41) is 7.72. The fourth-order valence-corrected chi connectivity index (χ4v) is 2.35. The lowest BCUT2D eigenvalue weighted by Gasteiger charge is -2.19. The summed E-state index contributed by atoms with van der Waals surface area (Å²) in [6.07, 6.45) is 9.13. The van der Waals surface area contributed by atoms with Crippen LogP contribution >= 0.6 is 0 Å². The van der Waals surface area contributed by atoms with Crippen molar-refractivity contribution in [3.63, 3.8) is 0 Å². The number of ether oxygens (including phenoxy) is 1. The zero-order chi connectivity index (χ0) is 12.1. The predicted molar refractivity (Wildman–Crippen MR) is 68.0 cm³/mol. The van der Waals surface area contributed by atoms with Crippen LogP contribution in [0.25, 0.3) is 0 Å². The van der Waals surface area contributed by atoms with Gasteiger partial charge in [-0.15, -0.1) is 0 Å². The third kappa shape index (κ3) is 3.82. The van der Waals surface area contributed by atoms with Gasteiger partial charge in [-0.2, -0.15) is 5.10 Å². The fraction of sp³-hybridized carbons (Fsp3) is 0.769. The van der Waals surface area contributed by atoms with E-state index in [1.165, 1.54) is 18.4 Å². The van der Waals surface area contributed by atoms with Gasteiger partial charge in [0.25, 0.3) is 0 Å². The molecule has 0 aliphatic carbocycles. The Morgan fingerprint density at radius 2 is 2.53 bits per heavy atom. The van der Waals surface area contributed by atoms with Crippen LogP contribution in [0.3, 0.4) is 0 Å². The summed E-state index contributed by atoms with van der Waals surface area (Å²) >= 11 is 0. The van der Waals surface area contributed by atoms with Crippen LogP contribution in [0.1, 0.15) is 31.7 Å². The van der Waals surface area contributed by atoms with E-state index in [1.54, 1.807) is 0 Å². The molecule has 1 aromatic rings. The zero-order valence-corrected chi connectivity index (χ0v) is 10.9. The molecule has 1 aliphatic heterocycles. The molecule has 17 heavy (non-hydrogen) atoms. The summed E-state index contributed by atoms with van der Waals surface area (Å²) in [4.78, 5) is 0. The Kier molecular flexibility index (Phi) is 4.57. The molecule has 4 heteroatoms. The van der Waals surface area contributed by atoms with Gasteiger partial charge in [-0.3, -0.25) is 4.68 Å². The maximum atomic E-state index is 5.66. The Balaban J connectivity index is 1.59. The van der Waals surface area contributed by atoms with Gasteiger partial charge in [0.05, 0.1) is 12.3 Å². The summed E-state index contributed by atoms with van der Waals surface area (Å²) in [5.41, 5.74) is 1.32. The number of aromatic nitrogens is 2. The molecule has 0 saturated carbocycles. The monoisotopic (exact) mass is 237 g/mol. The van der Waals surface area contributed by atoms with Crippen molar-refractivity contribution in [3.8, 4) is 0 Å². The number of nitrogens with one attached hydrogen (secondary N) is 1. The van der Waals surface area contributed by atoms with Crippen molar-refractivity contribution < 1.29 is 4.74 Å². The Hall–Kier alpha value is -0.870. The van der Waals surface area contributed by atoms with Gasteiger partial charge < -0.3 is 10.1 Å². The first-order chi connectivity index (χ1) is 8.25. The minimum Gasteiger partial charge on any atom is -0.377 e. The minimum absolute atomic E-state index is 0.424. The van der Waals surface area contributed by atoms with E-state index in [1.807, 2.05) is 17.9 Å². The van der Waals surface area contributed by atoms with Crippen molar-refractivity contribution in [2.75, 3.05) is 13.2 Å². The van der Waals surface area contributed by atoms with Crippen LogP contribution in [-0.4, -0.2) is 35.1 Å². The predicted octanol–water partition coefficient (Wildman–Crippen LogP) is 1.51. The smallest absolute Gasteiger partial charge is 0.0726 e. The fourth-order valence-electron chi connectivity index (χ4n) is 2.35. The third-order valence-electron chi connectivity index (χ3n) is 3.39. The van der Waals surface area contributed by atoms with Gasteiger partial charge in [0.2, 0.25) is 0 Å². The van der Waals surface area contributed by atoms with E-state index >= 15 is 0 Å². The second-order valence-corrected chi connectivity index (χ2v) is 4.92. The summed E-state index contributed by atoms with van der Waals surface area (Å²) in [6.45, 7) is 4.21. The number of rotatable bonds is 6. The van der Waals surface area contributed by atoms with Gasteiger partial charge >= 0.3 is 0 Å². The van der Waals surface area contributed by atoms with Crippen LogP contribution in [0.2, 0.25) is 0 Å². The highest BCUT2D eigenvalue weighted by Crippen LogP contribution is 2.15. The van der Waals surface area contributed by atoms with Crippen LogP contribution in [0.15, 0.2) is 12.4 Å². The summed E-state index contributed by atoms with van der Waals surface area (Å²) in [5.74, 6) is 0. The molecule has 1 saturated heterocycles. The van der Waals surface area contributed by atoms with Crippen LogP contribution < -0.4 is 5.32 Å². The van der Waals surface area contributed by atoms with E-state index in [2.05, 4.69) is 23.5 Å². The van der Waals surface area contributed by atoms with Crippen molar-refractivity contribution in [3.05, 3.63) is 18.0 Å². The second kappa shape index (κ2) is 6.17. The molecule has 1 aromatic heterocycles. The van der Waals surface area contributed by atoms with Crippen LogP contribution in [0, 0.1) is 0 Å². The number of hydrogen-bond acceptors (Lipinski definition) is 3. The normalized spacial score (nSPS) is 21.9. The van der Waals surface area contributed by atoms with E-state index in [0.717, 1.165) is 26.0 Å². The molecule has 0 radical (unpaired) electrons. The van der Waals surface area contributed by atoms with Crippen molar-refractivity contribution in [1.82, 2.24) is 15.1 Å². The van der Waals surface area contributed by atoms with Crippen LogP contribution in [0.4, 0.5) is 0 Å². The van der Waals surface area contributed by atoms with Crippen molar-refractivity contribution in [2.45, 2.75) is 44.8 Å². The Morgan fingerprint density at radius 3 is 3.18 bits per heavy atom. The van der Waals surface area contributed by atoms with E-state index in [4.69, 9.17) is 4.74 Å². The largest absolute Gasteiger partial charge is 0.377 e. The molecule has 2 heterocycles. The molecule has 4 nitrogen and oxygen atoms in total. The number of nitrogens with zero attached hydrogens (tertiary/aromatic N) is 2. The van der Waals surface area contributed by atoms with Crippen molar-refractivity contribution >= 4 is 0 Å². The zero-order valence-electron chi connectivity index (χ0n) is 10.9. The Bertz CT molecular complexity index is 331. The summed E-state index contributed by atoms with van der Waals surface area (Å²) < 4.78 is 7.52. The topological polar surface area (TPSA) is 39.1 Å². The average molecular weight is 237 g/mol. The maximum Gasteiger partial charge on any atom is 0.0726 e. The Morgan fingerprint density at radius 1 is 1.65 bits per heavy atom. The molecule has 0 aromatic carbocycles. The number of hydrogen-bond donors (Lipinski definition) is 1. The minimum atomic E-state index is 0.424. The molecular formula is C13H23N3O. The van der Waals surface area contributed by atoms with E-state index in [-0.39, 0.29) is 0 Å². The highest BCUT2D eigenvalue weighted by Gasteiger charge is 2.21. The lowest BCUT2D eigenvalue weighted by molar-refractivity contribution is 0.0837. The van der Waals surface area contributed by atoms with E-state index in [0.29, 0.717) is 12.1 Å². The first kappa shape index (κ1) is 12.6. The molecule has 2 rings (SSSR count). The van der Waals surface area contributed by atoms with Crippen LogP contribution in [-0.2, 0) is 18.2 Å². The van der Waals surface area contributed by atoms with Gasteiger partial charge in [-0.05, 0) is 44.7 Å². The highest BCUT2D eigenvalue weighted by atomic mass is 16.5. The third-order valence-corrected chi connectivity index (χ3v) is 3.39. The lowest BCUT2D eigenvalue weighted by Crippen LogP contribution is -2.37.